The SMILES string of the molecule is CCOc1cncc(C(=O)C(O)C(CC)CC)c1. The summed E-state index contributed by atoms with van der Waals surface area (Å²) in [5, 5.41) is 10.0. The van der Waals surface area contributed by atoms with E-state index in [4.69, 9.17) is 4.74 Å². The zero-order valence-electron chi connectivity index (χ0n) is 11.2. The number of nitrogens with zero attached hydrogens (tertiary/aromatic N) is 1. The second-order valence-electron chi connectivity index (χ2n) is 4.23. The van der Waals surface area contributed by atoms with E-state index < -0.39 is 6.10 Å². The van der Waals surface area contributed by atoms with Gasteiger partial charge in [-0.1, -0.05) is 26.7 Å². The van der Waals surface area contributed by atoms with E-state index in [0.29, 0.717) is 17.9 Å². The Morgan fingerprint density at radius 3 is 2.56 bits per heavy atom. The van der Waals surface area contributed by atoms with Crippen LogP contribution in [0.4, 0.5) is 0 Å². The van der Waals surface area contributed by atoms with Gasteiger partial charge in [0, 0.05) is 11.8 Å². The van der Waals surface area contributed by atoms with E-state index in [1.165, 1.54) is 6.20 Å². The molecule has 1 N–H and O–H groups in total. The molecular formula is C14H21NO3. The molecule has 0 aliphatic carbocycles. The van der Waals surface area contributed by atoms with Gasteiger partial charge < -0.3 is 9.84 Å². The van der Waals surface area contributed by atoms with Gasteiger partial charge in [0.15, 0.2) is 5.78 Å². The average molecular weight is 251 g/mol. The van der Waals surface area contributed by atoms with Crippen LogP contribution in [0, 0.1) is 5.92 Å². The fraction of sp³-hybridized carbons (Fsp3) is 0.571. The third kappa shape index (κ3) is 3.53. The van der Waals surface area contributed by atoms with Crippen molar-refractivity contribution in [2.75, 3.05) is 6.61 Å². The summed E-state index contributed by atoms with van der Waals surface area (Å²) in [6, 6.07) is 1.63. The first-order chi connectivity index (χ1) is 8.63. The van der Waals surface area contributed by atoms with Crippen LogP contribution >= 0.6 is 0 Å². The summed E-state index contributed by atoms with van der Waals surface area (Å²) in [4.78, 5) is 16.1. The monoisotopic (exact) mass is 251 g/mol. The van der Waals surface area contributed by atoms with E-state index >= 15 is 0 Å². The number of ether oxygens (including phenoxy) is 1. The lowest BCUT2D eigenvalue weighted by atomic mass is 9.91. The molecular weight excluding hydrogens is 230 g/mol. The Kier molecular flexibility index (Phi) is 5.78. The fourth-order valence-electron chi connectivity index (χ4n) is 1.92. The van der Waals surface area contributed by atoms with E-state index in [1.54, 1.807) is 12.3 Å². The lowest BCUT2D eigenvalue weighted by Crippen LogP contribution is -2.29. The number of hydrogen-bond acceptors (Lipinski definition) is 4. The Bertz CT molecular complexity index is 388. The standard InChI is InChI=1S/C14H21NO3/c1-4-10(5-2)13(16)14(17)11-7-12(18-6-3)9-15-8-11/h7-10,13,16H,4-6H2,1-3H3. The normalized spacial score (nSPS) is 12.5. The van der Waals surface area contributed by atoms with Crippen LogP contribution in [0.1, 0.15) is 44.0 Å². The van der Waals surface area contributed by atoms with Crippen LogP contribution in [0.25, 0.3) is 0 Å². The molecule has 4 heteroatoms. The van der Waals surface area contributed by atoms with E-state index in [9.17, 15) is 9.90 Å². The molecule has 1 aromatic rings. The van der Waals surface area contributed by atoms with Gasteiger partial charge >= 0.3 is 0 Å². The largest absolute Gasteiger partial charge is 0.492 e. The molecule has 18 heavy (non-hydrogen) atoms. The first-order valence-corrected chi connectivity index (χ1v) is 6.44. The number of carbonyl (C=O) groups is 1. The van der Waals surface area contributed by atoms with E-state index in [-0.39, 0.29) is 11.7 Å². The molecule has 1 heterocycles. The molecule has 100 valence electrons. The topological polar surface area (TPSA) is 59.4 Å². The van der Waals surface area contributed by atoms with Crippen molar-refractivity contribution >= 4 is 5.78 Å². The molecule has 0 amide bonds. The highest BCUT2D eigenvalue weighted by molar-refractivity contribution is 5.99. The van der Waals surface area contributed by atoms with Crippen molar-refractivity contribution in [2.45, 2.75) is 39.7 Å². The number of aliphatic hydroxyl groups is 1. The minimum Gasteiger partial charge on any atom is -0.492 e. The number of carbonyl (C=O) groups excluding carboxylic acids is 1. The number of hydrogen-bond donors (Lipinski definition) is 1. The third-order valence-electron chi connectivity index (χ3n) is 3.07. The van der Waals surface area contributed by atoms with Crippen molar-refractivity contribution in [1.82, 2.24) is 4.98 Å². The van der Waals surface area contributed by atoms with Crippen molar-refractivity contribution in [2.24, 2.45) is 5.92 Å². The molecule has 0 aliphatic rings. The van der Waals surface area contributed by atoms with Crippen molar-refractivity contribution < 1.29 is 14.6 Å². The molecule has 0 spiro atoms. The van der Waals surface area contributed by atoms with Crippen molar-refractivity contribution in [1.29, 1.82) is 0 Å². The van der Waals surface area contributed by atoms with Gasteiger partial charge in [-0.2, -0.15) is 0 Å². The summed E-state index contributed by atoms with van der Waals surface area (Å²) >= 11 is 0. The Balaban J connectivity index is 2.85. The Morgan fingerprint density at radius 2 is 2.00 bits per heavy atom. The number of pyridine rings is 1. The summed E-state index contributed by atoms with van der Waals surface area (Å²) in [6.07, 6.45) is 3.63. The fourth-order valence-corrected chi connectivity index (χ4v) is 1.92. The molecule has 0 bridgehead atoms. The molecule has 0 radical (unpaired) electrons. The second-order valence-corrected chi connectivity index (χ2v) is 4.23. The summed E-state index contributed by atoms with van der Waals surface area (Å²) in [6.45, 7) is 6.33. The van der Waals surface area contributed by atoms with Crippen LogP contribution in [0.15, 0.2) is 18.5 Å². The number of aliphatic hydroxyl groups excluding tert-OH is 1. The minimum atomic E-state index is -0.960. The van der Waals surface area contributed by atoms with Crippen LogP contribution in [0.3, 0.4) is 0 Å². The average Bonchev–Trinajstić information content (AvgIpc) is 2.40. The Morgan fingerprint density at radius 1 is 1.33 bits per heavy atom. The highest BCUT2D eigenvalue weighted by Crippen LogP contribution is 2.19. The number of Topliss-reactive ketones (excluding diaryl/α,β-unsaturated/α-hetero) is 1. The predicted octanol–water partition coefficient (Wildman–Crippen LogP) is 2.46. The summed E-state index contributed by atoms with van der Waals surface area (Å²) in [5.74, 6) is 0.270. The molecule has 0 aliphatic heterocycles. The maximum absolute atomic E-state index is 12.1. The highest BCUT2D eigenvalue weighted by Gasteiger charge is 2.24. The van der Waals surface area contributed by atoms with Gasteiger partial charge in [-0.15, -0.1) is 0 Å². The van der Waals surface area contributed by atoms with E-state index in [0.717, 1.165) is 12.8 Å². The number of ketones is 1. The lowest BCUT2D eigenvalue weighted by Gasteiger charge is -2.18. The third-order valence-corrected chi connectivity index (χ3v) is 3.07. The van der Waals surface area contributed by atoms with E-state index in [1.807, 2.05) is 20.8 Å². The molecule has 1 aromatic heterocycles. The summed E-state index contributed by atoms with van der Waals surface area (Å²) in [7, 11) is 0. The quantitative estimate of drug-likeness (QED) is 0.756. The van der Waals surface area contributed by atoms with Gasteiger partial charge in [0.25, 0.3) is 0 Å². The molecule has 0 aromatic carbocycles. The van der Waals surface area contributed by atoms with Gasteiger partial charge in [0.05, 0.1) is 12.8 Å². The number of rotatable bonds is 7. The summed E-state index contributed by atoms with van der Waals surface area (Å²) < 4.78 is 5.29. The molecule has 1 rings (SSSR count). The van der Waals surface area contributed by atoms with Crippen molar-refractivity contribution in [3.05, 3.63) is 24.0 Å². The maximum Gasteiger partial charge on any atom is 0.193 e. The first kappa shape index (κ1) is 14.6. The maximum atomic E-state index is 12.1. The van der Waals surface area contributed by atoms with Crippen LogP contribution < -0.4 is 4.74 Å². The zero-order chi connectivity index (χ0) is 13.5. The molecule has 1 atom stereocenters. The minimum absolute atomic E-state index is 0.00625. The van der Waals surface area contributed by atoms with Gasteiger partial charge in [0.1, 0.15) is 11.9 Å². The molecule has 4 nitrogen and oxygen atoms in total. The first-order valence-electron chi connectivity index (χ1n) is 6.44. The molecule has 0 saturated heterocycles. The van der Waals surface area contributed by atoms with Crippen LogP contribution in [0.5, 0.6) is 5.75 Å². The zero-order valence-corrected chi connectivity index (χ0v) is 11.2. The predicted molar refractivity (Wildman–Crippen MR) is 69.8 cm³/mol. The van der Waals surface area contributed by atoms with Gasteiger partial charge in [0.2, 0.25) is 0 Å². The summed E-state index contributed by atoms with van der Waals surface area (Å²) in [5.41, 5.74) is 0.403. The second kappa shape index (κ2) is 7.11. The number of aromatic nitrogens is 1. The molecule has 1 unspecified atom stereocenters. The highest BCUT2D eigenvalue weighted by atomic mass is 16.5. The van der Waals surface area contributed by atoms with Crippen molar-refractivity contribution in [3.8, 4) is 5.75 Å². The van der Waals surface area contributed by atoms with Crippen molar-refractivity contribution in [3.63, 3.8) is 0 Å². The molecule has 0 fully saturated rings. The van der Waals surface area contributed by atoms with Gasteiger partial charge in [-0.25, -0.2) is 0 Å². The lowest BCUT2D eigenvalue weighted by molar-refractivity contribution is 0.0587. The van der Waals surface area contributed by atoms with Crippen LogP contribution in [-0.4, -0.2) is 28.6 Å². The Hall–Kier alpha value is -1.42. The van der Waals surface area contributed by atoms with Crippen LogP contribution in [-0.2, 0) is 0 Å². The van der Waals surface area contributed by atoms with Crippen LogP contribution in [0.2, 0.25) is 0 Å². The smallest absolute Gasteiger partial charge is 0.193 e. The molecule has 0 saturated carbocycles. The van der Waals surface area contributed by atoms with Gasteiger partial charge in [-0.3, -0.25) is 9.78 Å². The Labute approximate surface area is 108 Å². The van der Waals surface area contributed by atoms with E-state index in [2.05, 4.69) is 4.98 Å². The van der Waals surface area contributed by atoms with Gasteiger partial charge in [-0.05, 0) is 18.9 Å².